The van der Waals surface area contributed by atoms with Crippen LogP contribution in [0.5, 0.6) is 11.5 Å². The fourth-order valence-corrected chi connectivity index (χ4v) is 5.23. The van der Waals surface area contributed by atoms with Gasteiger partial charge in [-0.05, 0) is 38.1 Å². The topological polar surface area (TPSA) is 66.8 Å². The number of ether oxygens (including phenoxy) is 2. The highest BCUT2D eigenvalue weighted by atomic mass is 16.6. The number of piperidine rings is 1. The van der Waals surface area contributed by atoms with Crippen LogP contribution < -0.4 is 14.4 Å². The number of carbonyl (C=O) groups is 1. The zero-order chi connectivity index (χ0) is 25.6. The van der Waals surface area contributed by atoms with Gasteiger partial charge >= 0.3 is 0 Å². The van der Waals surface area contributed by atoms with E-state index in [0.717, 1.165) is 62.8 Å². The molecule has 198 valence electrons. The summed E-state index contributed by atoms with van der Waals surface area (Å²) >= 11 is 0. The molecule has 3 heterocycles. The first-order valence-corrected chi connectivity index (χ1v) is 13.5. The van der Waals surface area contributed by atoms with E-state index in [0.29, 0.717) is 25.2 Å². The number of carbonyl (C=O) groups excluding carboxylic acids is 1. The number of hydrogen-bond donors (Lipinski definition) is 0. The van der Waals surface area contributed by atoms with Crippen molar-refractivity contribution in [2.24, 2.45) is 5.16 Å². The number of para-hydroxylation sites is 3. The lowest BCUT2D eigenvalue weighted by molar-refractivity contribution is -0.125. The van der Waals surface area contributed by atoms with Gasteiger partial charge < -0.3 is 24.1 Å². The quantitative estimate of drug-likeness (QED) is 0.543. The van der Waals surface area contributed by atoms with Gasteiger partial charge in [-0.15, -0.1) is 0 Å². The Balaban J connectivity index is 1.04. The van der Waals surface area contributed by atoms with Crippen molar-refractivity contribution >= 4 is 17.3 Å². The molecule has 0 aromatic heterocycles. The number of rotatable bonds is 8. The molecule has 0 saturated carbocycles. The summed E-state index contributed by atoms with van der Waals surface area (Å²) in [6.07, 6.45) is 2.45. The van der Waals surface area contributed by atoms with Crippen LogP contribution in [0.15, 0.2) is 59.8 Å². The monoisotopic (exact) mass is 506 g/mol. The number of benzene rings is 2. The van der Waals surface area contributed by atoms with E-state index in [9.17, 15) is 4.79 Å². The zero-order valence-electron chi connectivity index (χ0n) is 21.9. The molecule has 0 N–H and O–H groups in total. The summed E-state index contributed by atoms with van der Waals surface area (Å²) in [4.78, 5) is 25.4. The Labute approximate surface area is 219 Å². The second kappa shape index (κ2) is 11.9. The highest BCUT2D eigenvalue weighted by molar-refractivity contribution is 6.39. The lowest BCUT2D eigenvalue weighted by Crippen LogP contribution is -2.49. The van der Waals surface area contributed by atoms with Crippen molar-refractivity contribution in [3.8, 4) is 11.5 Å². The first-order valence-electron chi connectivity index (χ1n) is 13.5. The first-order chi connectivity index (χ1) is 18.0. The molecule has 0 radical (unpaired) electrons. The standard InChI is InChI=1S/C29H38N4O4/c1-22(2)35-28-11-7-6-10-27(28)32-18-16-31(17-19-32)21-25-20-26(30-37-25)29(34)33-14-12-24(13-15-33)36-23-8-4-3-5-9-23/h3-11,22,24-25H,12-21H2,1-2H3. The SMILES string of the molecule is CC(C)Oc1ccccc1N1CCN(CC2CC(C(=O)N3CCC(Oc4ccccc4)CC3)=NO2)CC1. The first kappa shape index (κ1) is 25.4. The van der Waals surface area contributed by atoms with Gasteiger partial charge in [0, 0.05) is 65.1 Å². The third-order valence-corrected chi connectivity index (χ3v) is 7.16. The molecular weight excluding hydrogens is 468 g/mol. The smallest absolute Gasteiger partial charge is 0.271 e. The van der Waals surface area contributed by atoms with Crippen molar-refractivity contribution in [1.29, 1.82) is 0 Å². The number of anilines is 1. The lowest BCUT2D eigenvalue weighted by atomic mass is 10.1. The van der Waals surface area contributed by atoms with Crippen LogP contribution in [0, 0.1) is 0 Å². The Bertz CT molecular complexity index is 1060. The molecule has 0 bridgehead atoms. The van der Waals surface area contributed by atoms with Crippen LogP contribution in [0.4, 0.5) is 5.69 Å². The number of likely N-dealkylation sites (tertiary alicyclic amines) is 1. The Morgan fingerprint density at radius 3 is 2.41 bits per heavy atom. The average Bonchev–Trinajstić information content (AvgIpc) is 3.38. The summed E-state index contributed by atoms with van der Waals surface area (Å²) < 4.78 is 12.1. The van der Waals surface area contributed by atoms with E-state index >= 15 is 0 Å². The van der Waals surface area contributed by atoms with Gasteiger partial charge in [0.2, 0.25) is 0 Å². The maximum atomic E-state index is 13.1. The molecule has 37 heavy (non-hydrogen) atoms. The molecule has 5 rings (SSSR count). The van der Waals surface area contributed by atoms with Gasteiger partial charge in [-0.2, -0.15) is 0 Å². The molecular formula is C29H38N4O4. The largest absolute Gasteiger partial charge is 0.490 e. The predicted octanol–water partition coefficient (Wildman–Crippen LogP) is 3.81. The third kappa shape index (κ3) is 6.55. The summed E-state index contributed by atoms with van der Waals surface area (Å²) in [5.41, 5.74) is 1.70. The second-order valence-corrected chi connectivity index (χ2v) is 10.3. The van der Waals surface area contributed by atoms with Gasteiger partial charge in [0.15, 0.2) is 0 Å². The van der Waals surface area contributed by atoms with E-state index in [1.165, 1.54) is 0 Å². The van der Waals surface area contributed by atoms with Crippen LogP contribution in [0.2, 0.25) is 0 Å². The van der Waals surface area contributed by atoms with Crippen molar-refractivity contribution in [2.45, 2.75) is 51.4 Å². The number of amides is 1. The Morgan fingerprint density at radius 1 is 0.973 bits per heavy atom. The third-order valence-electron chi connectivity index (χ3n) is 7.16. The number of nitrogens with zero attached hydrogens (tertiary/aromatic N) is 4. The predicted molar refractivity (Wildman–Crippen MR) is 144 cm³/mol. The summed E-state index contributed by atoms with van der Waals surface area (Å²) in [5.74, 6) is 1.84. The summed E-state index contributed by atoms with van der Waals surface area (Å²) in [5, 5.41) is 4.19. The molecule has 2 aromatic carbocycles. The molecule has 2 saturated heterocycles. The minimum atomic E-state index is -0.0685. The van der Waals surface area contributed by atoms with Crippen molar-refractivity contribution in [3.05, 3.63) is 54.6 Å². The molecule has 8 nitrogen and oxygen atoms in total. The van der Waals surface area contributed by atoms with Gasteiger partial charge in [-0.1, -0.05) is 35.5 Å². The van der Waals surface area contributed by atoms with Crippen LogP contribution in [-0.2, 0) is 9.63 Å². The number of hydrogen-bond acceptors (Lipinski definition) is 7. The van der Waals surface area contributed by atoms with Gasteiger partial charge in [-0.3, -0.25) is 9.69 Å². The molecule has 3 aliphatic heterocycles. The minimum absolute atomic E-state index is 0.00670. The van der Waals surface area contributed by atoms with Gasteiger partial charge in [0.1, 0.15) is 29.4 Å². The Hall–Kier alpha value is -3.26. The van der Waals surface area contributed by atoms with E-state index < -0.39 is 0 Å². The van der Waals surface area contributed by atoms with Crippen molar-refractivity contribution < 1.29 is 19.1 Å². The van der Waals surface area contributed by atoms with Crippen LogP contribution in [0.3, 0.4) is 0 Å². The molecule has 0 aliphatic carbocycles. The fraction of sp³-hybridized carbons (Fsp3) is 0.517. The van der Waals surface area contributed by atoms with E-state index in [4.69, 9.17) is 14.3 Å². The maximum Gasteiger partial charge on any atom is 0.271 e. The Kier molecular flexibility index (Phi) is 8.14. The van der Waals surface area contributed by atoms with Crippen LogP contribution in [0.25, 0.3) is 0 Å². The summed E-state index contributed by atoms with van der Waals surface area (Å²) in [6.45, 7) is 10.00. The molecule has 3 aliphatic rings. The summed E-state index contributed by atoms with van der Waals surface area (Å²) in [7, 11) is 0. The van der Waals surface area contributed by atoms with Crippen LogP contribution in [0.1, 0.15) is 33.1 Å². The highest BCUT2D eigenvalue weighted by Crippen LogP contribution is 2.30. The molecule has 1 amide bonds. The molecule has 2 aromatic rings. The molecule has 8 heteroatoms. The van der Waals surface area contributed by atoms with E-state index in [-0.39, 0.29) is 24.2 Å². The molecule has 0 spiro atoms. The van der Waals surface area contributed by atoms with Crippen molar-refractivity contribution in [3.63, 3.8) is 0 Å². The van der Waals surface area contributed by atoms with Gasteiger partial charge in [-0.25, -0.2) is 0 Å². The van der Waals surface area contributed by atoms with Crippen LogP contribution >= 0.6 is 0 Å². The minimum Gasteiger partial charge on any atom is -0.490 e. The van der Waals surface area contributed by atoms with E-state index in [1.54, 1.807) is 0 Å². The van der Waals surface area contributed by atoms with Gasteiger partial charge in [0.05, 0.1) is 11.8 Å². The molecule has 2 fully saturated rings. The number of oxime groups is 1. The fourth-order valence-electron chi connectivity index (χ4n) is 5.23. The maximum absolute atomic E-state index is 13.1. The normalized spacial score (nSPS) is 21.1. The van der Waals surface area contributed by atoms with Crippen molar-refractivity contribution in [1.82, 2.24) is 9.80 Å². The van der Waals surface area contributed by atoms with Crippen LogP contribution in [-0.4, -0.2) is 85.5 Å². The lowest BCUT2D eigenvalue weighted by Gasteiger charge is -2.37. The second-order valence-electron chi connectivity index (χ2n) is 10.3. The van der Waals surface area contributed by atoms with E-state index in [1.807, 2.05) is 47.4 Å². The van der Waals surface area contributed by atoms with Gasteiger partial charge in [0.25, 0.3) is 5.91 Å². The molecule has 1 atom stereocenters. The zero-order valence-corrected chi connectivity index (χ0v) is 21.9. The number of piperazine rings is 1. The Morgan fingerprint density at radius 2 is 1.68 bits per heavy atom. The van der Waals surface area contributed by atoms with Crippen molar-refractivity contribution in [2.75, 3.05) is 50.7 Å². The average molecular weight is 507 g/mol. The van der Waals surface area contributed by atoms with E-state index in [2.05, 4.69) is 40.9 Å². The molecule has 1 unspecified atom stereocenters. The highest BCUT2D eigenvalue weighted by Gasteiger charge is 2.33. The summed E-state index contributed by atoms with van der Waals surface area (Å²) in [6, 6.07) is 18.2.